The van der Waals surface area contributed by atoms with Crippen molar-refractivity contribution < 1.29 is 17.6 Å². The van der Waals surface area contributed by atoms with Crippen molar-refractivity contribution in [2.24, 2.45) is 9.98 Å². The summed E-state index contributed by atoms with van der Waals surface area (Å²) in [6.45, 7) is 0. The van der Waals surface area contributed by atoms with Crippen molar-refractivity contribution >= 4 is 0 Å². The molecule has 1 aromatic rings. The summed E-state index contributed by atoms with van der Waals surface area (Å²) >= 11 is 0. The maximum atomic E-state index is 14.0. The highest BCUT2D eigenvalue weighted by molar-refractivity contribution is 5.53. The molecule has 1 aliphatic carbocycles. The quantitative estimate of drug-likeness (QED) is 0.650. The summed E-state index contributed by atoms with van der Waals surface area (Å²) in [5, 5.41) is 35.1. The number of hydrogen-bond acceptors (Lipinski definition) is 6. The molecule has 2 aliphatic rings. The standard InChI is InChI=1S/C16H2F4N6/c17-9-5(1-21)13-14(6(2-22)10(9)18)26-16-8(4-24)12(20)11(19)7(3-23)15(16)25-13/h13-14H. The predicted molar refractivity (Wildman–Crippen MR) is 73.2 cm³/mol. The number of allylic oxidation sites excluding steroid dienone is 2. The molecule has 0 radical (unpaired) electrons. The molecular formula is C16H2F4N6. The van der Waals surface area contributed by atoms with Crippen LogP contribution in [0, 0.1) is 57.0 Å². The van der Waals surface area contributed by atoms with Crippen LogP contribution >= 0.6 is 0 Å². The van der Waals surface area contributed by atoms with Gasteiger partial charge in [-0.15, -0.1) is 0 Å². The van der Waals surface area contributed by atoms with Gasteiger partial charge in [-0.3, -0.25) is 9.98 Å². The minimum atomic E-state index is -1.65. The topological polar surface area (TPSA) is 120 Å². The molecule has 0 fully saturated rings. The lowest BCUT2D eigenvalue weighted by atomic mass is 9.87. The SMILES string of the molecule is N#CC1=C(F)C(F)=C(C#N)C2N=c3c(C#N)c(F)c(F)c(C#N)c3=NC12. The van der Waals surface area contributed by atoms with Crippen molar-refractivity contribution in [1.29, 1.82) is 21.0 Å². The molecule has 2 unspecified atom stereocenters. The monoisotopic (exact) mass is 354 g/mol. The minimum absolute atomic E-state index is 0.565. The maximum Gasteiger partial charge on any atom is 0.180 e. The fourth-order valence-corrected chi connectivity index (χ4v) is 2.71. The number of fused-ring (bicyclic) bond motifs is 2. The van der Waals surface area contributed by atoms with Crippen LogP contribution in [0.4, 0.5) is 17.6 Å². The van der Waals surface area contributed by atoms with E-state index in [0.29, 0.717) is 0 Å². The van der Waals surface area contributed by atoms with Crippen molar-refractivity contribution in [3.05, 3.63) is 56.3 Å². The predicted octanol–water partition coefficient (Wildman–Crippen LogP) is 1.21. The van der Waals surface area contributed by atoms with Gasteiger partial charge >= 0.3 is 0 Å². The molecule has 10 heteroatoms. The molecule has 0 saturated heterocycles. The van der Waals surface area contributed by atoms with Crippen LogP contribution in [0.15, 0.2) is 32.8 Å². The van der Waals surface area contributed by atoms with Crippen LogP contribution in [0.3, 0.4) is 0 Å². The first-order valence-electron chi connectivity index (χ1n) is 6.77. The fourth-order valence-electron chi connectivity index (χ4n) is 2.71. The van der Waals surface area contributed by atoms with Crippen molar-refractivity contribution in [2.75, 3.05) is 0 Å². The number of benzene rings is 1. The van der Waals surface area contributed by atoms with E-state index in [0.717, 1.165) is 0 Å². The van der Waals surface area contributed by atoms with E-state index in [-0.39, 0.29) is 0 Å². The van der Waals surface area contributed by atoms with Gasteiger partial charge in [0.15, 0.2) is 23.3 Å². The molecule has 3 rings (SSSR count). The van der Waals surface area contributed by atoms with Crippen LogP contribution in [0.5, 0.6) is 0 Å². The van der Waals surface area contributed by atoms with E-state index in [9.17, 15) is 17.6 Å². The lowest BCUT2D eigenvalue weighted by Crippen LogP contribution is -2.46. The van der Waals surface area contributed by atoms with Crippen molar-refractivity contribution in [1.82, 2.24) is 0 Å². The van der Waals surface area contributed by atoms with Gasteiger partial charge in [0.25, 0.3) is 0 Å². The third-order valence-corrected chi connectivity index (χ3v) is 3.89. The largest absolute Gasteiger partial charge is 0.270 e. The Balaban J connectivity index is 2.54. The van der Waals surface area contributed by atoms with Crippen molar-refractivity contribution in [3.63, 3.8) is 0 Å². The molecule has 26 heavy (non-hydrogen) atoms. The summed E-state index contributed by atoms with van der Waals surface area (Å²) in [7, 11) is 0. The van der Waals surface area contributed by atoms with Crippen LogP contribution < -0.4 is 10.7 Å². The second-order valence-electron chi connectivity index (χ2n) is 5.13. The normalized spacial score (nSPS) is 20.5. The highest BCUT2D eigenvalue weighted by Crippen LogP contribution is 2.35. The van der Waals surface area contributed by atoms with E-state index in [1.54, 1.807) is 0 Å². The Hall–Kier alpha value is -4.02. The van der Waals surface area contributed by atoms with Gasteiger partial charge in [0.1, 0.15) is 58.2 Å². The molecule has 0 saturated carbocycles. The lowest BCUT2D eigenvalue weighted by Gasteiger charge is -2.26. The summed E-state index contributed by atoms with van der Waals surface area (Å²) in [5.41, 5.74) is -3.42. The summed E-state index contributed by atoms with van der Waals surface area (Å²) in [5.74, 6) is -6.54. The average molecular weight is 354 g/mol. The minimum Gasteiger partial charge on any atom is -0.270 e. The first-order chi connectivity index (χ1) is 12.4. The molecule has 1 heterocycles. The van der Waals surface area contributed by atoms with E-state index >= 15 is 0 Å². The van der Waals surface area contributed by atoms with Crippen molar-refractivity contribution in [3.8, 4) is 24.3 Å². The Labute approximate surface area is 142 Å². The van der Waals surface area contributed by atoms with Crippen LogP contribution in [-0.2, 0) is 0 Å². The Morgan fingerprint density at radius 3 is 1.23 bits per heavy atom. The first-order valence-corrected chi connectivity index (χ1v) is 6.77. The highest BCUT2D eigenvalue weighted by Gasteiger charge is 2.41. The number of rotatable bonds is 0. The molecule has 1 aromatic carbocycles. The molecule has 0 aromatic heterocycles. The van der Waals surface area contributed by atoms with Crippen LogP contribution in [0.2, 0.25) is 0 Å². The van der Waals surface area contributed by atoms with E-state index < -0.39 is 68.4 Å². The number of hydrogen-bond donors (Lipinski definition) is 0. The zero-order chi connectivity index (χ0) is 19.2. The van der Waals surface area contributed by atoms with Crippen LogP contribution in [-0.4, -0.2) is 12.1 Å². The van der Waals surface area contributed by atoms with Crippen LogP contribution in [0.25, 0.3) is 0 Å². The number of halogens is 4. The van der Waals surface area contributed by atoms with Crippen molar-refractivity contribution in [2.45, 2.75) is 12.1 Å². The number of nitriles is 4. The summed E-state index contributed by atoms with van der Waals surface area (Å²) in [6, 6.07) is 2.44. The summed E-state index contributed by atoms with van der Waals surface area (Å²) < 4.78 is 56.0. The Morgan fingerprint density at radius 2 is 0.962 bits per heavy atom. The third-order valence-electron chi connectivity index (χ3n) is 3.89. The summed E-state index contributed by atoms with van der Waals surface area (Å²) in [6.07, 6.45) is 0. The molecule has 124 valence electrons. The average Bonchev–Trinajstić information content (AvgIpc) is 2.64. The Morgan fingerprint density at radius 1 is 0.615 bits per heavy atom. The molecular weight excluding hydrogens is 352 g/mol. The molecule has 1 aliphatic heterocycles. The second kappa shape index (κ2) is 5.81. The molecule has 6 nitrogen and oxygen atoms in total. The van der Waals surface area contributed by atoms with E-state index in [2.05, 4.69) is 9.98 Å². The highest BCUT2D eigenvalue weighted by atomic mass is 19.2. The third kappa shape index (κ3) is 2.00. The molecule has 0 spiro atoms. The van der Waals surface area contributed by atoms with Gasteiger partial charge in [-0.2, -0.15) is 21.0 Å². The summed E-state index contributed by atoms with van der Waals surface area (Å²) in [4.78, 5) is 7.68. The second-order valence-corrected chi connectivity index (χ2v) is 5.13. The Bertz CT molecular complexity index is 1130. The lowest BCUT2D eigenvalue weighted by molar-refractivity contribution is 0.474. The van der Waals surface area contributed by atoms with E-state index in [1.807, 2.05) is 0 Å². The molecule has 0 N–H and O–H groups in total. The molecule has 0 amide bonds. The molecule has 2 atom stereocenters. The van der Waals surface area contributed by atoms with Gasteiger partial charge in [0, 0.05) is 0 Å². The first kappa shape index (κ1) is 16.8. The van der Waals surface area contributed by atoms with E-state index in [1.165, 1.54) is 24.3 Å². The van der Waals surface area contributed by atoms with Gasteiger partial charge in [-0.05, 0) is 0 Å². The maximum absolute atomic E-state index is 14.0. The molecule has 0 bridgehead atoms. The van der Waals surface area contributed by atoms with Crippen LogP contribution in [0.1, 0.15) is 11.1 Å². The zero-order valence-corrected chi connectivity index (χ0v) is 12.3. The van der Waals surface area contributed by atoms with Gasteiger partial charge in [0.2, 0.25) is 0 Å². The smallest absolute Gasteiger partial charge is 0.180 e. The van der Waals surface area contributed by atoms with Gasteiger partial charge in [0.05, 0.1) is 11.1 Å². The van der Waals surface area contributed by atoms with Gasteiger partial charge in [-0.1, -0.05) is 0 Å². The van der Waals surface area contributed by atoms with Gasteiger partial charge < -0.3 is 0 Å². The number of nitrogens with zero attached hydrogens (tertiary/aromatic N) is 6. The Kier molecular flexibility index (Phi) is 3.76. The zero-order valence-electron chi connectivity index (χ0n) is 12.3. The van der Waals surface area contributed by atoms with Gasteiger partial charge in [-0.25, -0.2) is 17.6 Å². The fraction of sp³-hybridized carbons (Fsp3) is 0.125. The van der Waals surface area contributed by atoms with E-state index in [4.69, 9.17) is 21.0 Å².